The Morgan fingerprint density at radius 2 is 1.24 bits per heavy atom. The molecule has 0 unspecified atom stereocenters. The van der Waals surface area contributed by atoms with Crippen LogP contribution in [0.1, 0.15) is 96.8 Å². The molecule has 21 heavy (non-hydrogen) atoms. The molecule has 0 bridgehead atoms. The van der Waals surface area contributed by atoms with Gasteiger partial charge >= 0.3 is 0 Å². The summed E-state index contributed by atoms with van der Waals surface area (Å²) in [7, 11) is 2.12. The zero-order valence-electron chi connectivity index (χ0n) is 14.8. The van der Waals surface area contributed by atoms with Crippen LogP contribution in [-0.2, 0) is 0 Å². The van der Waals surface area contributed by atoms with Gasteiger partial charge in [0.2, 0.25) is 0 Å². The molecule has 0 radical (unpaired) electrons. The maximum absolute atomic E-state index is 3.79. The highest BCUT2D eigenvalue weighted by atomic mass is 15.0. The van der Waals surface area contributed by atoms with Crippen LogP contribution in [0.4, 0.5) is 0 Å². The second-order valence-electron chi connectivity index (χ2n) is 6.92. The van der Waals surface area contributed by atoms with Crippen molar-refractivity contribution in [2.45, 2.75) is 109 Å². The van der Waals surface area contributed by atoms with Gasteiger partial charge in [-0.05, 0) is 32.9 Å². The van der Waals surface area contributed by atoms with Gasteiger partial charge in [0.25, 0.3) is 0 Å². The molecule has 2 N–H and O–H groups in total. The van der Waals surface area contributed by atoms with E-state index in [2.05, 4.69) is 24.6 Å². The Morgan fingerprint density at radius 3 is 1.81 bits per heavy atom. The van der Waals surface area contributed by atoms with Gasteiger partial charge in [0.15, 0.2) is 0 Å². The molecule has 1 rings (SSSR count). The largest absolute Gasteiger partial charge is 0.315 e. The Labute approximate surface area is 133 Å². The molecule has 0 aliphatic heterocycles. The predicted octanol–water partition coefficient (Wildman–Crippen LogP) is 5.03. The van der Waals surface area contributed by atoms with Crippen molar-refractivity contribution < 1.29 is 0 Å². The molecule has 0 aromatic heterocycles. The van der Waals surface area contributed by atoms with Crippen molar-refractivity contribution in [1.29, 1.82) is 0 Å². The van der Waals surface area contributed by atoms with Crippen LogP contribution in [0.5, 0.6) is 0 Å². The molecule has 1 aliphatic carbocycles. The maximum atomic E-state index is 3.79. The second-order valence-corrected chi connectivity index (χ2v) is 6.92. The van der Waals surface area contributed by atoms with Crippen molar-refractivity contribution >= 4 is 0 Å². The number of likely N-dealkylation sites (N-methyl/N-ethyl adjacent to an activating group) is 1. The molecule has 0 saturated heterocycles. The van der Waals surface area contributed by atoms with E-state index in [1.165, 1.54) is 96.4 Å². The molecule has 0 aromatic carbocycles. The summed E-state index contributed by atoms with van der Waals surface area (Å²) >= 11 is 0. The third kappa shape index (κ3) is 9.52. The fourth-order valence-corrected chi connectivity index (χ4v) is 3.62. The highest BCUT2D eigenvalue weighted by molar-refractivity contribution is 4.85. The number of unbranched alkanes of at least 4 members (excludes halogenated alkanes) is 9. The van der Waals surface area contributed by atoms with Gasteiger partial charge in [-0.15, -0.1) is 0 Å². The van der Waals surface area contributed by atoms with Crippen LogP contribution in [-0.4, -0.2) is 25.7 Å². The maximum Gasteiger partial charge on any atom is 0.0221 e. The molecule has 2 atom stereocenters. The highest BCUT2D eigenvalue weighted by Crippen LogP contribution is 2.18. The Balaban J connectivity index is 1.83. The van der Waals surface area contributed by atoms with Crippen LogP contribution >= 0.6 is 0 Å². The fraction of sp³-hybridized carbons (Fsp3) is 1.00. The van der Waals surface area contributed by atoms with Crippen LogP contribution in [0.2, 0.25) is 0 Å². The van der Waals surface area contributed by atoms with Gasteiger partial charge in [-0.3, -0.25) is 0 Å². The topological polar surface area (TPSA) is 24.1 Å². The minimum absolute atomic E-state index is 0.710. The molecule has 1 aliphatic rings. The first kappa shape index (κ1) is 19.0. The molecule has 1 saturated carbocycles. The van der Waals surface area contributed by atoms with E-state index in [0.717, 1.165) is 6.04 Å². The zero-order valence-corrected chi connectivity index (χ0v) is 14.8. The van der Waals surface area contributed by atoms with Crippen LogP contribution in [0.15, 0.2) is 0 Å². The first-order valence-corrected chi connectivity index (χ1v) is 9.79. The molecule has 0 heterocycles. The van der Waals surface area contributed by atoms with Gasteiger partial charge in [-0.2, -0.15) is 0 Å². The Kier molecular flexibility index (Phi) is 12.3. The highest BCUT2D eigenvalue weighted by Gasteiger charge is 2.22. The normalized spacial score (nSPS) is 22.6. The van der Waals surface area contributed by atoms with Gasteiger partial charge in [-0.25, -0.2) is 0 Å². The number of nitrogens with one attached hydrogen (secondary N) is 2. The van der Waals surface area contributed by atoms with Gasteiger partial charge in [0.05, 0.1) is 0 Å². The van der Waals surface area contributed by atoms with E-state index in [9.17, 15) is 0 Å². The standard InChI is InChI=1S/C19H40N2/c1-3-4-5-6-7-8-9-10-11-14-17-21-19-16-13-12-15-18(19)20-2/h18-21H,3-17H2,1-2H3/t18-,19-/m1/s1. The van der Waals surface area contributed by atoms with Crippen molar-refractivity contribution in [3.63, 3.8) is 0 Å². The van der Waals surface area contributed by atoms with E-state index in [1.807, 2.05) is 0 Å². The van der Waals surface area contributed by atoms with Crippen molar-refractivity contribution in [3.8, 4) is 0 Å². The lowest BCUT2D eigenvalue weighted by Gasteiger charge is -2.32. The number of hydrogen-bond acceptors (Lipinski definition) is 2. The Morgan fingerprint density at radius 1 is 0.714 bits per heavy atom. The average Bonchev–Trinajstić information content (AvgIpc) is 2.53. The van der Waals surface area contributed by atoms with Gasteiger partial charge in [0, 0.05) is 12.1 Å². The molecule has 0 amide bonds. The van der Waals surface area contributed by atoms with Crippen molar-refractivity contribution in [1.82, 2.24) is 10.6 Å². The zero-order chi connectivity index (χ0) is 15.2. The van der Waals surface area contributed by atoms with Crippen molar-refractivity contribution in [2.75, 3.05) is 13.6 Å². The van der Waals surface area contributed by atoms with E-state index in [-0.39, 0.29) is 0 Å². The summed E-state index contributed by atoms with van der Waals surface area (Å²) in [4.78, 5) is 0. The van der Waals surface area contributed by atoms with Crippen LogP contribution in [0.3, 0.4) is 0 Å². The van der Waals surface area contributed by atoms with E-state index in [4.69, 9.17) is 0 Å². The van der Waals surface area contributed by atoms with E-state index < -0.39 is 0 Å². The lowest BCUT2D eigenvalue weighted by atomic mass is 9.90. The monoisotopic (exact) mass is 296 g/mol. The summed E-state index contributed by atoms with van der Waals surface area (Å²) in [6, 6.07) is 1.43. The van der Waals surface area contributed by atoms with Gasteiger partial charge in [-0.1, -0.05) is 77.6 Å². The first-order chi connectivity index (χ1) is 10.4. The lowest BCUT2D eigenvalue weighted by Crippen LogP contribution is -2.48. The third-order valence-electron chi connectivity index (χ3n) is 5.07. The smallest absolute Gasteiger partial charge is 0.0221 e. The third-order valence-corrected chi connectivity index (χ3v) is 5.07. The summed E-state index contributed by atoms with van der Waals surface area (Å²) in [5.74, 6) is 0. The quantitative estimate of drug-likeness (QED) is 0.466. The van der Waals surface area contributed by atoms with Crippen molar-refractivity contribution in [3.05, 3.63) is 0 Å². The molecular weight excluding hydrogens is 256 g/mol. The summed E-state index contributed by atoms with van der Waals surface area (Å²) in [5, 5.41) is 7.27. The lowest BCUT2D eigenvalue weighted by molar-refractivity contribution is 0.294. The predicted molar refractivity (Wildman–Crippen MR) is 95.0 cm³/mol. The Bertz CT molecular complexity index is 218. The molecular formula is C19H40N2. The average molecular weight is 297 g/mol. The minimum atomic E-state index is 0.710. The SMILES string of the molecule is CCCCCCCCCCCCN[C@@H]1CCCC[C@H]1NC. The molecule has 2 nitrogen and oxygen atoms in total. The number of hydrogen-bond donors (Lipinski definition) is 2. The van der Waals surface area contributed by atoms with Crippen LogP contribution < -0.4 is 10.6 Å². The Hall–Kier alpha value is -0.0800. The summed E-state index contributed by atoms with van der Waals surface area (Å²) in [5.41, 5.74) is 0. The molecule has 0 aromatic rings. The first-order valence-electron chi connectivity index (χ1n) is 9.79. The fourth-order valence-electron chi connectivity index (χ4n) is 3.62. The van der Waals surface area contributed by atoms with Crippen LogP contribution in [0.25, 0.3) is 0 Å². The van der Waals surface area contributed by atoms with Crippen LogP contribution in [0, 0.1) is 0 Å². The molecule has 1 fully saturated rings. The summed E-state index contributed by atoms with van der Waals surface area (Å²) in [6.07, 6.45) is 19.8. The summed E-state index contributed by atoms with van der Waals surface area (Å²) in [6.45, 7) is 3.51. The van der Waals surface area contributed by atoms with Gasteiger partial charge < -0.3 is 10.6 Å². The number of rotatable bonds is 13. The van der Waals surface area contributed by atoms with Crippen molar-refractivity contribution in [2.24, 2.45) is 0 Å². The van der Waals surface area contributed by atoms with E-state index in [0.29, 0.717) is 6.04 Å². The molecule has 0 spiro atoms. The van der Waals surface area contributed by atoms with E-state index >= 15 is 0 Å². The minimum Gasteiger partial charge on any atom is -0.315 e. The molecule has 126 valence electrons. The second kappa shape index (κ2) is 13.6. The molecule has 2 heteroatoms. The van der Waals surface area contributed by atoms with Gasteiger partial charge in [0.1, 0.15) is 0 Å². The summed E-state index contributed by atoms with van der Waals surface area (Å²) < 4.78 is 0. The van der Waals surface area contributed by atoms with E-state index in [1.54, 1.807) is 0 Å².